The van der Waals surface area contributed by atoms with Crippen molar-refractivity contribution >= 4 is 23.3 Å². The number of thioether (sulfide) groups is 1. The molecular formula is C24H28F2N6OS. The van der Waals surface area contributed by atoms with Crippen LogP contribution < -0.4 is 11.5 Å². The third-order valence-electron chi connectivity index (χ3n) is 5.97. The highest BCUT2D eigenvalue weighted by Crippen LogP contribution is 2.35. The SMILES string of the molecule is CC(O)C(Sc1ncnc(N)c1N)N1CCN(C(c2ccc(F)cc2)c2ccc(F)cc2)CC1. The fraction of sp³-hybridized carbons (Fsp3) is 0.333. The molecule has 0 saturated carbocycles. The highest BCUT2D eigenvalue weighted by molar-refractivity contribution is 8.00. The van der Waals surface area contributed by atoms with Crippen LogP contribution in [0.15, 0.2) is 59.9 Å². The maximum atomic E-state index is 13.6. The summed E-state index contributed by atoms with van der Waals surface area (Å²) >= 11 is 1.37. The minimum Gasteiger partial charge on any atom is -0.394 e. The molecule has 1 aliphatic heterocycles. The Morgan fingerprint density at radius 1 is 0.853 bits per heavy atom. The lowest BCUT2D eigenvalue weighted by Gasteiger charge is -2.43. The van der Waals surface area contributed by atoms with Crippen LogP contribution in [0, 0.1) is 11.6 Å². The monoisotopic (exact) mass is 486 g/mol. The van der Waals surface area contributed by atoms with E-state index in [2.05, 4.69) is 19.8 Å². The van der Waals surface area contributed by atoms with Crippen LogP contribution in [0.4, 0.5) is 20.3 Å². The van der Waals surface area contributed by atoms with E-state index in [1.165, 1.54) is 42.4 Å². The molecule has 1 aliphatic rings. The average molecular weight is 487 g/mol. The number of piperazine rings is 1. The summed E-state index contributed by atoms with van der Waals surface area (Å²) in [6, 6.07) is 12.7. The lowest BCUT2D eigenvalue weighted by Crippen LogP contribution is -2.52. The van der Waals surface area contributed by atoms with Crippen molar-refractivity contribution in [1.82, 2.24) is 19.8 Å². The van der Waals surface area contributed by atoms with Crippen molar-refractivity contribution in [1.29, 1.82) is 0 Å². The lowest BCUT2D eigenvalue weighted by molar-refractivity contribution is 0.0555. The number of nitrogen functional groups attached to an aromatic ring is 2. The second-order valence-electron chi connectivity index (χ2n) is 8.30. The van der Waals surface area contributed by atoms with Crippen molar-refractivity contribution in [3.63, 3.8) is 0 Å². The van der Waals surface area contributed by atoms with Gasteiger partial charge in [0.2, 0.25) is 0 Å². The highest BCUT2D eigenvalue weighted by Gasteiger charge is 2.32. The van der Waals surface area contributed by atoms with Gasteiger partial charge in [0, 0.05) is 26.2 Å². The fourth-order valence-corrected chi connectivity index (χ4v) is 5.36. The molecule has 1 saturated heterocycles. The summed E-state index contributed by atoms with van der Waals surface area (Å²) in [5, 5.41) is 10.8. The van der Waals surface area contributed by atoms with E-state index in [1.807, 2.05) is 0 Å². The Balaban J connectivity index is 1.52. The van der Waals surface area contributed by atoms with Crippen LogP contribution in [0.3, 0.4) is 0 Å². The van der Waals surface area contributed by atoms with Gasteiger partial charge in [-0.2, -0.15) is 0 Å². The van der Waals surface area contributed by atoms with Crippen molar-refractivity contribution in [3.05, 3.63) is 77.6 Å². The largest absolute Gasteiger partial charge is 0.394 e. The van der Waals surface area contributed by atoms with E-state index >= 15 is 0 Å². The van der Waals surface area contributed by atoms with Gasteiger partial charge in [-0.05, 0) is 42.3 Å². The normalized spacial score (nSPS) is 17.1. The molecule has 0 radical (unpaired) electrons. The average Bonchev–Trinajstić information content (AvgIpc) is 2.83. The molecule has 3 aromatic rings. The summed E-state index contributed by atoms with van der Waals surface area (Å²) in [5.41, 5.74) is 14.0. The quantitative estimate of drug-likeness (QED) is 0.346. The molecule has 4 rings (SSSR count). The molecular weight excluding hydrogens is 458 g/mol. The van der Waals surface area contributed by atoms with E-state index in [0.717, 1.165) is 11.1 Å². The smallest absolute Gasteiger partial charge is 0.151 e. The second-order valence-corrected chi connectivity index (χ2v) is 9.41. The zero-order valence-electron chi connectivity index (χ0n) is 18.8. The van der Waals surface area contributed by atoms with Gasteiger partial charge in [0.1, 0.15) is 28.7 Å². The molecule has 0 amide bonds. The van der Waals surface area contributed by atoms with Crippen LogP contribution in [0.1, 0.15) is 24.1 Å². The first kappa shape index (κ1) is 24.3. The van der Waals surface area contributed by atoms with Crippen LogP contribution in [0.5, 0.6) is 0 Å². The van der Waals surface area contributed by atoms with Gasteiger partial charge in [0.15, 0.2) is 5.82 Å². The molecule has 0 bridgehead atoms. The Morgan fingerprint density at radius 2 is 1.35 bits per heavy atom. The van der Waals surface area contributed by atoms with Gasteiger partial charge in [-0.25, -0.2) is 18.7 Å². The molecule has 1 aromatic heterocycles. The third kappa shape index (κ3) is 5.47. The van der Waals surface area contributed by atoms with E-state index in [0.29, 0.717) is 36.9 Å². The highest BCUT2D eigenvalue weighted by atomic mass is 32.2. The number of aliphatic hydroxyl groups is 1. The predicted octanol–water partition coefficient (Wildman–Crippen LogP) is 3.13. The first-order chi connectivity index (χ1) is 16.3. The van der Waals surface area contributed by atoms with Crippen LogP contribution in [-0.2, 0) is 0 Å². The Kier molecular flexibility index (Phi) is 7.62. The third-order valence-corrected chi connectivity index (χ3v) is 7.45. The fourth-order valence-electron chi connectivity index (χ4n) is 4.23. The van der Waals surface area contributed by atoms with Crippen molar-refractivity contribution in [2.75, 3.05) is 37.6 Å². The van der Waals surface area contributed by atoms with Gasteiger partial charge in [0.25, 0.3) is 0 Å². The number of benzene rings is 2. The van der Waals surface area contributed by atoms with Crippen LogP contribution in [0.2, 0.25) is 0 Å². The molecule has 0 spiro atoms. The number of halogens is 2. The zero-order valence-corrected chi connectivity index (χ0v) is 19.6. The van der Waals surface area contributed by atoms with E-state index in [9.17, 15) is 13.9 Å². The Labute approximate surface area is 201 Å². The van der Waals surface area contributed by atoms with E-state index in [-0.39, 0.29) is 28.9 Å². The first-order valence-electron chi connectivity index (χ1n) is 11.0. The van der Waals surface area contributed by atoms with Crippen molar-refractivity contribution in [2.45, 2.75) is 29.5 Å². The van der Waals surface area contributed by atoms with E-state index in [4.69, 9.17) is 11.5 Å². The number of aromatic nitrogens is 2. The molecule has 2 heterocycles. The van der Waals surface area contributed by atoms with Gasteiger partial charge >= 0.3 is 0 Å². The summed E-state index contributed by atoms with van der Waals surface area (Å²) in [6.07, 6.45) is 0.721. The number of rotatable bonds is 7. The molecule has 5 N–H and O–H groups in total. The minimum absolute atomic E-state index is 0.140. The Bertz CT molecular complexity index is 1050. The lowest BCUT2D eigenvalue weighted by atomic mass is 9.96. The topological polar surface area (TPSA) is 105 Å². The van der Waals surface area contributed by atoms with Crippen LogP contribution in [0.25, 0.3) is 0 Å². The molecule has 180 valence electrons. The second kappa shape index (κ2) is 10.6. The minimum atomic E-state index is -0.642. The maximum Gasteiger partial charge on any atom is 0.151 e. The van der Waals surface area contributed by atoms with Gasteiger partial charge in [-0.15, -0.1) is 0 Å². The molecule has 0 aliphatic carbocycles. The molecule has 2 unspecified atom stereocenters. The van der Waals surface area contributed by atoms with Crippen LogP contribution >= 0.6 is 11.8 Å². The van der Waals surface area contributed by atoms with Crippen molar-refractivity contribution < 1.29 is 13.9 Å². The predicted molar refractivity (Wildman–Crippen MR) is 130 cm³/mol. The molecule has 34 heavy (non-hydrogen) atoms. The summed E-state index contributed by atoms with van der Waals surface area (Å²) in [5.74, 6) is -0.381. The molecule has 2 atom stereocenters. The number of anilines is 2. The van der Waals surface area contributed by atoms with Gasteiger partial charge in [0.05, 0.1) is 17.5 Å². The summed E-state index contributed by atoms with van der Waals surface area (Å²) in [4.78, 5) is 12.6. The Morgan fingerprint density at radius 3 is 1.85 bits per heavy atom. The number of hydrogen-bond donors (Lipinski definition) is 3. The van der Waals surface area contributed by atoms with Crippen molar-refractivity contribution in [2.24, 2.45) is 0 Å². The summed E-state index contributed by atoms with van der Waals surface area (Å²) in [6.45, 7) is 4.50. The van der Waals surface area contributed by atoms with E-state index in [1.54, 1.807) is 31.2 Å². The molecule has 10 heteroatoms. The number of nitrogens with zero attached hydrogens (tertiary/aromatic N) is 4. The number of aliphatic hydroxyl groups excluding tert-OH is 1. The molecule has 2 aromatic carbocycles. The van der Waals surface area contributed by atoms with Crippen LogP contribution in [-0.4, -0.2) is 62.5 Å². The molecule has 1 fully saturated rings. The zero-order chi connectivity index (χ0) is 24.2. The van der Waals surface area contributed by atoms with Gasteiger partial charge in [-0.3, -0.25) is 9.80 Å². The Hall–Kier alpha value is -2.79. The first-order valence-corrected chi connectivity index (χ1v) is 11.9. The number of hydrogen-bond acceptors (Lipinski definition) is 8. The van der Waals surface area contributed by atoms with Crippen molar-refractivity contribution in [3.8, 4) is 0 Å². The van der Waals surface area contributed by atoms with Gasteiger partial charge < -0.3 is 16.6 Å². The number of nitrogens with two attached hydrogens (primary N) is 2. The van der Waals surface area contributed by atoms with Gasteiger partial charge in [-0.1, -0.05) is 36.0 Å². The maximum absolute atomic E-state index is 13.6. The summed E-state index contributed by atoms with van der Waals surface area (Å²) < 4.78 is 27.1. The summed E-state index contributed by atoms with van der Waals surface area (Å²) in [7, 11) is 0. The molecule has 7 nitrogen and oxygen atoms in total. The van der Waals surface area contributed by atoms with E-state index < -0.39 is 6.10 Å². The standard InChI is InChI=1S/C24H28F2N6OS/c1-15(33)24(34-23-20(27)22(28)29-14-30-23)32-12-10-31(11-13-32)21(16-2-6-18(25)7-3-16)17-4-8-19(26)9-5-17/h2-9,14-15,21,24,33H,10-13,27H2,1H3,(H2,28,29,30).